The number of carboxylic acid groups (broad SMARTS) is 1. The molecule has 0 radical (unpaired) electrons. The highest BCUT2D eigenvalue weighted by Gasteiger charge is 2.09. The minimum absolute atomic E-state index is 0.0715. The molecule has 0 aliphatic heterocycles. The van der Waals surface area contributed by atoms with Gasteiger partial charge in [0, 0.05) is 12.8 Å². The van der Waals surface area contributed by atoms with Crippen molar-refractivity contribution in [2.45, 2.75) is 6.42 Å². The molecule has 1 amide bonds. The molecule has 0 unspecified atom stereocenters. The van der Waals surface area contributed by atoms with Gasteiger partial charge in [-0.25, -0.2) is 4.39 Å². The number of benzene rings is 1. The van der Waals surface area contributed by atoms with Gasteiger partial charge in [0.1, 0.15) is 12.4 Å². The zero-order valence-electron chi connectivity index (χ0n) is 9.20. The van der Waals surface area contributed by atoms with Crippen molar-refractivity contribution in [2.75, 3.05) is 19.0 Å². The molecular formula is C11H12FNO4. The summed E-state index contributed by atoms with van der Waals surface area (Å²) in [4.78, 5) is 21.5. The van der Waals surface area contributed by atoms with E-state index in [1.807, 2.05) is 0 Å². The summed E-state index contributed by atoms with van der Waals surface area (Å²) < 4.78 is 18.0. The summed E-state index contributed by atoms with van der Waals surface area (Å²) >= 11 is 0. The molecule has 17 heavy (non-hydrogen) atoms. The van der Waals surface area contributed by atoms with Crippen LogP contribution in [0.1, 0.15) is 5.56 Å². The maximum Gasteiger partial charge on any atom is 0.307 e. The summed E-state index contributed by atoms with van der Waals surface area (Å²) in [5.74, 6) is -2.18. The molecule has 2 N–H and O–H groups in total. The molecule has 0 saturated heterocycles. The van der Waals surface area contributed by atoms with Gasteiger partial charge in [-0.05, 0) is 17.7 Å². The van der Waals surface area contributed by atoms with Crippen molar-refractivity contribution < 1.29 is 23.8 Å². The van der Waals surface area contributed by atoms with Crippen molar-refractivity contribution >= 4 is 17.6 Å². The summed E-state index contributed by atoms with van der Waals surface area (Å²) in [6.07, 6.45) is -0.391. The lowest BCUT2D eigenvalue weighted by atomic mass is 10.1. The first-order chi connectivity index (χ1) is 8.02. The lowest BCUT2D eigenvalue weighted by Gasteiger charge is -2.06. The van der Waals surface area contributed by atoms with E-state index >= 15 is 0 Å². The number of halogens is 1. The second kappa shape index (κ2) is 5.95. The van der Waals surface area contributed by atoms with Crippen LogP contribution in [0.4, 0.5) is 10.1 Å². The number of nitrogens with one attached hydrogen (secondary N) is 1. The summed E-state index contributed by atoms with van der Waals surface area (Å²) in [5.41, 5.74) is 0.334. The van der Waals surface area contributed by atoms with Gasteiger partial charge in [0.15, 0.2) is 0 Å². The van der Waals surface area contributed by atoms with Crippen LogP contribution in [-0.4, -0.2) is 30.7 Å². The standard InChI is InChI=1S/C11H12FNO4/c1-17-6-10(14)13-8-3-2-7(4-11(15)16)9(12)5-8/h2-3,5H,4,6H2,1H3,(H,13,14)(H,15,16). The van der Waals surface area contributed by atoms with E-state index < -0.39 is 24.1 Å². The molecule has 0 aliphatic rings. The lowest BCUT2D eigenvalue weighted by molar-refractivity contribution is -0.136. The van der Waals surface area contributed by atoms with E-state index in [9.17, 15) is 14.0 Å². The zero-order valence-corrected chi connectivity index (χ0v) is 9.20. The van der Waals surface area contributed by atoms with E-state index in [1.165, 1.54) is 19.2 Å². The van der Waals surface area contributed by atoms with E-state index in [0.29, 0.717) is 0 Å². The first-order valence-electron chi connectivity index (χ1n) is 4.82. The molecule has 0 bridgehead atoms. The smallest absolute Gasteiger partial charge is 0.307 e. The van der Waals surface area contributed by atoms with Crippen LogP contribution in [0.2, 0.25) is 0 Å². The van der Waals surface area contributed by atoms with Crippen molar-refractivity contribution in [3.8, 4) is 0 Å². The minimum atomic E-state index is -1.11. The van der Waals surface area contributed by atoms with Gasteiger partial charge in [-0.1, -0.05) is 6.07 Å². The predicted molar refractivity (Wildman–Crippen MR) is 58.2 cm³/mol. The van der Waals surface area contributed by atoms with Crippen LogP contribution in [-0.2, 0) is 20.7 Å². The van der Waals surface area contributed by atoms with Crippen molar-refractivity contribution in [1.29, 1.82) is 0 Å². The molecule has 6 heteroatoms. The molecule has 1 aromatic carbocycles. The molecule has 0 aromatic heterocycles. The van der Waals surface area contributed by atoms with Gasteiger partial charge in [-0.2, -0.15) is 0 Å². The normalized spacial score (nSPS) is 10.0. The Morgan fingerprint density at radius 1 is 1.47 bits per heavy atom. The Morgan fingerprint density at radius 3 is 2.71 bits per heavy atom. The van der Waals surface area contributed by atoms with Gasteiger partial charge in [0.2, 0.25) is 5.91 Å². The lowest BCUT2D eigenvalue weighted by Crippen LogP contribution is -2.17. The zero-order chi connectivity index (χ0) is 12.8. The van der Waals surface area contributed by atoms with Gasteiger partial charge in [0.05, 0.1) is 6.42 Å². The molecule has 92 valence electrons. The van der Waals surface area contributed by atoms with E-state index in [1.54, 1.807) is 0 Å². The first-order valence-corrected chi connectivity index (χ1v) is 4.82. The van der Waals surface area contributed by atoms with Gasteiger partial charge in [-0.15, -0.1) is 0 Å². The van der Waals surface area contributed by atoms with Crippen LogP contribution in [0.3, 0.4) is 0 Å². The third kappa shape index (κ3) is 4.20. The molecule has 0 heterocycles. The largest absolute Gasteiger partial charge is 0.481 e. The van der Waals surface area contributed by atoms with Crippen molar-refractivity contribution in [3.05, 3.63) is 29.6 Å². The number of hydrogen-bond donors (Lipinski definition) is 2. The highest BCUT2D eigenvalue weighted by molar-refractivity contribution is 5.91. The maximum atomic E-state index is 13.4. The number of ether oxygens (including phenoxy) is 1. The maximum absolute atomic E-state index is 13.4. The first kappa shape index (κ1) is 13.1. The van der Waals surface area contributed by atoms with Gasteiger partial charge < -0.3 is 15.2 Å². The minimum Gasteiger partial charge on any atom is -0.481 e. The molecule has 1 rings (SSSR count). The van der Waals surface area contributed by atoms with Crippen LogP contribution in [0.15, 0.2) is 18.2 Å². The summed E-state index contributed by atoms with van der Waals surface area (Å²) in [6.45, 7) is -0.126. The van der Waals surface area contributed by atoms with E-state index in [0.717, 1.165) is 6.07 Å². The molecule has 0 atom stereocenters. The van der Waals surface area contributed by atoms with Gasteiger partial charge in [0.25, 0.3) is 0 Å². The Labute approximate surface area is 97.2 Å². The summed E-state index contributed by atoms with van der Waals surface area (Å²) in [6, 6.07) is 3.84. The fourth-order valence-corrected chi connectivity index (χ4v) is 1.26. The Bertz CT molecular complexity index is 433. The Kier molecular flexibility index (Phi) is 4.59. The van der Waals surface area contributed by atoms with Gasteiger partial charge >= 0.3 is 5.97 Å². The second-order valence-electron chi connectivity index (χ2n) is 3.36. The third-order valence-corrected chi connectivity index (χ3v) is 1.95. The predicted octanol–water partition coefficient (Wildman–Crippen LogP) is 1.04. The van der Waals surface area contributed by atoms with Crippen molar-refractivity contribution in [1.82, 2.24) is 0 Å². The van der Waals surface area contributed by atoms with Crippen LogP contribution in [0.25, 0.3) is 0 Å². The third-order valence-electron chi connectivity index (χ3n) is 1.95. The van der Waals surface area contributed by atoms with Crippen molar-refractivity contribution in [3.63, 3.8) is 0 Å². The second-order valence-corrected chi connectivity index (χ2v) is 3.36. The summed E-state index contributed by atoms with van der Waals surface area (Å²) in [5, 5.41) is 10.9. The molecule has 0 fully saturated rings. The number of rotatable bonds is 5. The SMILES string of the molecule is COCC(=O)Nc1ccc(CC(=O)O)c(F)c1. The fraction of sp³-hybridized carbons (Fsp3) is 0.273. The molecule has 5 nitrogen and oxygen atoms in total. The molecule has 0 saturated carbocycles. The summed E-state index contributed by atoms with van der Waals surface area (Å²) in [7, 11) is 1.37. The quantitative estimate of drug-likeness (QED) is 0.807. The van der Waals surface area contributed by atoms with Crippen molar-refractivity contribution in [2.24, 2.45) is 0 Å². The van der Waals surface area contributed by atoms with E-state index in [-0.39, 0.29) is 17.9 Å². The molecule has 0 spiro atoms. The Morgan fingerprint density at radius 2 is 2.18 bits per heavy atom. The Balaban J connectivity index is 2.74. The number of amides is 1. The van der Waals surface area contributed by atoms with Crippen LogP contribution >= 0.6 is 0 Å². The topological polar surface area (TPSA) is 75.6 Å². The molecule has 0 aliphatic carbocycles. The van der Waals surface area contributed by atoms with E-state index in [2.05, 4.69) is 10.1 Å². The van der Waals surface area contributed by atoms with E-state index in [4.69, 9.17) is 5.11 Å². The highest BCUT2D eigenvalue weighted by atomic mass is 19.1. The molecular weight excluding hydrogens is 229 g/mol. The Hall–Kier alpha value is -1.95. The fourth-order valence-electron chi connectivity index (χ4n) is 1.26. The van der Waals surface area contributed by atoms with Gasteiger partial charge in [-0.3, -0.25) is 9.59 Å². The number of carbonyl (C=O) groups excluding carboxylic acids is 1. The average molecular weight is 241 g/mol. The number of anilines is 1. The number of carboxylic acids is 1. The number of methoxy groups -OCH3 is 1. The highest BCUT2D eigenvalue weighted by Crippen LogP contribution is 2.15. The number of hydrogen-bond acceptors (Lipinski definition) is 3. The molecule has 1 aromatic rings. The monoisotopic (exact) mass is 241 g/mol. The number of carbonyl (C=O) groups is 2. The van der Waals surface area contributed by atoms with Crippen LogP contribution < -0.4 is 5.32 Å². The van der Waals surface area contributed by atoms with Crippen LogP contribution in [0.5, 0.6) is 0 Å². The average Bonchev–Trinajstić information content (AvgIpc) is 2.22. The number of aliphatic carboxylic acids is 1. The van der Waals surface area contributed by atoms with Crippen LogP contribution in [0, 0.1) is 5.82 Å².